The van der Waals surface area contributed by atoms with Crippen molar-refractivity contribution in [3.8, 4) is 5.75 Å². The number of ether oxygens (including phenoxy) is 1. The molecule has 1 saturated heterocycles. The van der Waals surface area contributed by atoms with Crippen LogP contribution in [0.1, 0.15) is 18.4 Å². The Morgan fingerprint density at radius 2 is 2.16 bits per heavy atom. The molecule has 1 aliphatic heterocycles. The molecule has 1 aromatic rings. The fraction of sp³-hybridized carbons (Fsp3) is 0.533. The Balaban J connectivity index is 1.80. The van der Waals surface area contributed by atoms with Crippen molar-refractivity contribution >= 4 is 5.91 Å². The lowest BCUT2D eigenvalue weighted by molar-refractivity contribution is -0.130. The summed E-state index contributed by atoms with van der Waals surface area (Å²) in [7, 11) is 1.64. The van der Waals surface area contributed by atoms with E-state index in [9.17, 15) is 4.79 Å². The van der Waals surface area contributed by atoms with Gasteiger partial charge in [0.1, 0.15) is 5.75 Å². The number of nitrogens with zero attached hydrogens (tertiary/aromatic N) is 1. The van der Waals surface area contributed by atoms with Crippen LogP contribution in [0.3, 0.4) is 0 Å². The normalized spacial score (nSPS) is 18.6. The maximum Gasteiger partial charge on any atom is 0.222 e. The van der Waals surface area contributed by atoms with Gasteiger partial charge < -0.3 is 14.7 Å². The highest BCUT2D eigenvalue weighted by Gasteiger charge is 2.25. The number of hydrogen-bond acceptors (Lipinski definition) is 3. The Kier molecular flexibility index (Phi) is 4.80. The number of rotatable bonds is 5. The Morgan fingerprint density at radius 1 is 1.42 bits per heavy atom. The highest BCUT2D eigenvalue weighted by molar-refractivity contribution is 5.76. The van der Waals surface area contributed by atoms with E-state index in [0.717, 1.165) is 30.7 Å². The molecule has 1 heterocycles. The van der Waals surface area contributed by atoms with Crippen molar-refractivity contribution < 1.29 is 14.6 Å². The summed E-state index contributed by atoms with van der Waals surface area (Å²) in [5.74, 6) is 1.29. The van der Waals surface area contributed by atoms with Gasteiger partial charge in [-0.15, -0.1) is 0 Å². The molecule has 0 saturated carbocycles. The lowest BCUT2D eigenvalue weighted by atomic mass is 10.1. The van der Waals surface area contributed by atoms with Crippen LogP contribution in [0.15, 0.2) is 24.3 Å². The molecule has 2 rings (SSSR count). The molecule has 19 heavy (non-hydrogen) atoms. The Morgan fingerprint density at radius 3 is 2.74 bits per heavy atom. The second-order valence-corrected chi connectivity index (χ2v) is 5.03. The van der Waals surface area contributed by atoms with Crippen LogP contribution in [0.4, 0.5) is 0 Å². The number of hydrogen-bond donors (Lipinski definition) is 1. The average Bonchev–Trinajstić information content (AvgIpc) is 2.94. The number of aliphatic hydroxyl groups is 1. The van der Waals surface area contributed by atoms with Crippen molar-refractivity contribution in [2.24, 2.45) is 5.92 Å². The van der Waals surface area contributed by atoms with Crippen LogP contribution in [-0.4, -0.2) is 42.7 Å². The number of aryl methyl sites for hydroxylation is 1. The molecule has 4 heteroatoms. The number of likely N-dealkylation sites (tertiary alicyclic amines) is 1. The third-order valence-corrected chi connectivity index (χ3v) is 3.68. The molecule has 1 unspecified atom stereocenters. The van der Waals surface area contributed by atoms with Gasteiger partial charge in [-0.1, -0.05) is 12.1 Å². The molecule has 4 nitrogen and oxygen atoms in total. The number of methoxy groups -OCH3 is 1. The zero-order valence-corrected chi connectivity index (χ0v) is 11.3. The second kappa shape index (κ2) is 6.57. The predicted octanol–water partition coefficient (Wildman–Crippen LogP) is 1.47. The van der Waals surface area contributed by atoms with Crippen molar-refractivity contribution in [1.82, 2.24) is 4.90 Å². The Hall–Kier alpha value is -1.55. The predicted molar refractivity (Wildman–Crippen MR) is 73.1 cm³/mol. The minimum atomic E-state index is 0.183. The standard InChI is InChI=1S/C15H21NO3/c1-19-14-5-2-12(3-6-14)4-7-15(18)16-9-8-13(10-16)11-17/h2-3,5-6,13,17H,4,7-11H2,1H3. The molecule has 1 aliphatic rings. The smallest absolute Gasteiger partial charge is 0.222 e. The first-order valence-corrected chi connectivity index (χ1v) is 6.74. The first-order valence-electron chi connectivity index (χ1n) is 6.74. The maximum atomic E-state index is 12.0. The van der Waals surface area contributed by atoms with E-state index in [0.29, 0.717) is 13.0 Å². The van der Waals surface area contributed by atoms with E-state index in [1.165, 1.54) is 0 Å². The fourth-order valence-corrected chi connectivity index (χ4v) is 2.41. The summed E-state index contributed by atoms with van der Waals surface area (Å²) in [6.07, 6.45) is 2.21. The molecule has 0 aliphatic carbocycles. The van der Waals surface area contributed by atoms with E-state index in [1.807, 2.05) is 29.2 Å². The van der Waals surface area contributed by atoms with Crippen molar-refractivity contribution in [3.05, 3.63) is 29.8 Å². The van der Waals surface area contributed by atoms with Gasteiger partial charge in [-0.2, -0.15) is 0 Å². The highest BCUT2D eigenvalue weighted by atomic mass is 16.5. The highest BCUT2D eigenvalue weighted by Crippen LogP contribution is 2.17. The van der Waals surface area contributed by atoms with Crippen LogP contribution in [0, 0.1) is 5.92 Å². The molecular weight excluding hydrogens is 242 g/mol. The molecule has 104 valence electrons. The summed E-state index contributed by atoms with van der Waals surface area (Å²) in [6.45, 7) is 1.67. The molecule has 1 aromatic carbocycles. The molecule has 1 amide bonds. The zero-order valence-electron chi connectivity index (χ0n) is 11.3. The summed E-state index contributed by atoms with van der Waals surface area (Å²) in [6, 6.07) is 7.81. The molecule has 1 N–H and O–H groups in total. The first-order chi connectivity index (χ1) is 9.22. The van der Waals surface area contributed by atoms with Gasteiger partial charge in [-0.05, 0) is 30.5 Å². The van der Waals surface area contributed by atoms with Gasteiger partial charge in [-0.3, -0.25) is 4.79 Å². The topological polar surface area (TPSA) is 49.8 Å². The quantitative estimate of drug-likeness (QED) is 0.875. The summed E-state index contributed by atoms with van der Waals surface area (Å²) in [4.78, 5) is 13.9. The lowest BCUT2D eigenvalue weighted by Crippen LogP contribution is -2.29. The van der Waals surface area contributed by atoms with Crippen molar-refractivity contribution in [3.63, 3.8) is 0 Å². The minimum absolute atomic E-state index is 0.183. The van der Waals surface area contributed by atoms with Crippen molar-refractivity contribution in [2.75, 3.05) is 26.8 Å². The number of aliphatic hydroxyl groups excluding tert-OH is 1. The zero-order chi connectivity index (χ0) is 13.7. The summed E-state index contributed by atoms with van der Waals surface area (Å²) < 4.78 is 5.10. The van der Waals surface area contributed by atoms with Crippen LogP contribution in [-0.2, 0) is 11.2 Å². The third-order valence-electron chi connectivity index (χ3n) is 3.68. The molecule has 1 fully saturated rings. The van der Waals surface area contributed by atoms with Crippen LogP contribution < -0.4 is 4.74 Å². The Bertz CT molecular complexity index is 416. The van der Waals surface area contributed by atoms with Crippen molar-refractivity contribution in [2.45, 2.75) is 19.3 Å². The van der Waals surface area contributed by atoms with Gasteiger partial charge in [0.25, 0.3) is 0 Å². The van der Waals surface area contributed by atoms with Gasteiger partial charge in [-0.25, -0.2) is 0 Å². The summed E-state index contributed by atoms with van der Waals surface area (Å²) >= 11 is 0. The number of benzene rings is 1. The molecule has 0 spiro atoms. The minimum Gasteiger partial charge on any atom is -0.497 e. The van der Waals surface area contributed by atoms with Crippen LogP contribution in [0.2, 0.25) is 0 Å². The SMILES string of the molecule is COc1ccc(CCC(=O)N2CCC(CO)C2)cc1. The Labute approximate surface area is 114 Å². The number of carbonyl (C=O) groups excluding carboxylic acids is 1. The summed E-state index contributed by atoms with van der Waals surface area (Å²) in [5.41, 5.74) is 1.15. The molecule has 0 aromatic heterocycles. The first kappa shape index (κ1) is 13.9. The fourth-order valence-electron chi connectivity index (χ4n) is 2.41. The largest absolute Gasteiger partial charge is 0.497 e. The second-order valence-electron chi connectivity index (χ2n) is 5.03. The monoisotopic (exact) mass is 263 g/mol. The van der Waals surface area contributed by atoms with Gasteiger partial charge in [0.2, 0.25) is 5.91 Å². The number of carbonyl (C=O) groups is 1. The lowest BCUT2D eigenvalue weighted by Gasteiger charge is -2.16. The van der Waals surface area contributed by atoms with E-state index in [1.54, 1.807) is 7.11 Å². The molecule has 0 radical (unpaired) electrons. The van der Waals surface area contributed by atoms with Crippen LogP contribution in [0.25, 0.3) is 0 Å². The van der Waals surface area contributed by atoms with Crippen LogP contribution >= 0.6 is 0 Å². The molecule has 1 atom stereocenters. The van der Waals surface area contributed by atoms with Gasteiger partial charge >= 0.3 is 0 Å². The third kappa shape index (κ3) is 3.70. The van der Waals surface area contributed by atoms with E-state index >= 15 is 0 Å². The van der Waals surface area contributed by atoms with E-state index in [4.69, 9.17) is 9.84 Å². The van der Waals surface area contributed by atoms with Crippen LogP contribution in [0.5, 0.6) is 5.75 Å². The van der Waals surface area contributed by atoms with Gasteiger partial charge in [0.05, 0.1) is 7.11 Å². The van der Waals surface area contributed by atoms with Gasteiger partial charge in [0.15, 0.2) is 0 Å². The van der Waals surface area contributed by atoms with E-state index in [-0.39, 0.29) is 18.4 Å². The summed E-state index contributed by atoms with van der Waals surface area (Å²) in [5, 5.41) is 9.07. The molecular formula is C15H21NO3. The van der Waals surface area contributed by atoms with E-state index in [2.05, 4.69) is 0 Å². The number of amides is 1. The average molecular weight is 263 g/mol. The maximum absolute atomic E-state index is 12.0. The van der Waals surface area contributed by atoms with Gasteiger partial charge in [0, 0.05) is 32.0 Å². The molecule has 0 bridgehead atoms. The van der Waals surface area contributed by atoms with E-state index < -0.39 is 0 Å². The van der Waals surface area contributed by atoms with Crippen molar-refractivity contribution in [1.29, 1.82) is 0 Å².